The van der Waals surface area contributed by atoms with Crippen molar-refractivity contribution >= 4 is 15.9 Å². The first-order valence-corrected chi connectivity index (χ1v) is 7.34. The molecule has 0 saturated heterocycles. The Balaban J connectivity index is 2.20. The van der Waals surface area contributed by atoms with Gasteiger partial charge < -0.3 is 0 Å². The highest BCUT2D eigenvalue weighted by molar-refractivity contribution is 9.10. The van der Waals surface area contributed by atoms with E-state index in [0.717, 1.165) is 16.6 Å². The molecule has 20 heavy (non-hydrogen) atoms. The lowest BCUT2D eigenvalue weighted by Crippen LogP contribution is -2.39. The topological polar surface area (TPSA) is 55.9 Å². The van der Waals surface area contributed by atoms with E-state index in [-0.39, 0.29) is 24.8 Å². The maximum absolute atomic E-state index is 12.9. The van der Waals surface area contributed by atoms with Gasteiger partial charge in [-0.3, -0.25) is 16.0 Å². The molecular formula is C12H18BrF3N4. The summed E-state index contributed by atoms with van der Waals surface area (Å²) in [6.45, 7) is 0. The lowest BCUT2D eigenvalue weighted by atomic mass is 9.77. The van der Waals surface area contributed by atoms with Crippen LogP contribution in [-0.4, -0.2) is 16.0 Å². The zero-order chi connectivity index (χ0) is 14.9. The fourth-order valence-electron chi connectivity index (χ4n) is 3.04. The van der Waals surface area contributed by atoms with Crippen molar-refractivity contribution in [1.29, 1.82) is 0 Å². The Kier molecular flexibility index (Phi) is 4.76. The Morgan fingerprint density at radius 2 is 2.20 bits per heavy atom. The molecule has 1 aliphatic carbocycles. The van der Waals surface area contributed by atoms with Crippen molar-refractivity contribution in [2.24, 2.45) is 24.7 Å². The first-order valence-electron chi connectivity index (χ1n) is 6.54. The molecule has 8 heteroatoms. The molecule has 1 aliphatic rings. The van der Waals surface area contributed by atoms with Crippen LogP contribution in [0, 0.1) is 11.8 Å². The molecule has 3 N–H and O–H groups in total. The summed E-state index contributed by atoms with van der Waals surface area (Å²) in [7, 11) is 1.76. The van der Waals surface area contributed by atoms with E-state index in [4.69, 9.17) is 5.84 Å². The highest BCUT2D eigenvalue weighted by Crippen LogP contribution is 2.44. The average Bonchev–Trinajstić information content (AvgIpc) is 2.71. The summed E-state index contributed by atoms with van der Waals surface area (Å²) in [6, 6.07) is -0.331. The molecule has 0 bridgehead atoms. The Morgan fingerprint density at radius 3 is 2.70 bits per heavy atom. The van der Waals surface area contributed by atoms with Gasteiger partial charge in [0.2, 0.25) is 0 Å². The van der Waals surface area contributed by atoms with Crippen LogP contribution < -0.4 is 11.3 Å². The van der Waals surface area contributed by atoms with Crippen LogP contribution in [0.2, 0.25) is 0 Å². The van der Waals surface area contributed by atoms with E-state index in [0.29, 0.717) is 6.42 Å². The van der Waals surface area contributed by atoms with Crippen LogP contribution in [0.1, 0.15) is 37.4 Å². The zero-order valence-corrected chi connectivity index (χ0v) is 12.7. The van der Waals surface area contributed by atoms with Gasteiger partial charge in [0.15, 0.2) is 0 Å². The largest absolute Gasteiger partial charge is 0.391 e. The van der Waals surface area contributed by atoms with Crippen LogP contribution in [0.4, 0.5) is 13.2 Å². The smallest absolute Gasteiger partial charge is 0.271 e. The first kappa shape index (κ1) is 15.8. The second-order valence-corrected chi connectivity index (χ2v) is 6.17. The van der Waals surface area contributed by atoms with Gasteiger partial charge in [0.1, 0.15) is 0 Å². The van der Waals surface area contributed by atoms with Gasteiger partial charge in [-0.1, -0.05) is 6.42 Å². The van der Waals surface area contributed by atoms with Crippen molar-refractivity contribution in [3.63, 3.8) is 0 Å². The van der Waals surface area contributed by atoms with Gasteiger partial charge in [0.05, 0.1) is 28.3 Å². The number of nitrogens with one attached hydrogen (secondary N) is 1. The molecule has 0 radical (unpaired) electrons. The van der Waals surface area contributed by atoms with Crippen LogP contribution in [-0.2, 0) is 7.05 Å². The molecule has 0 aromatic carbocycles. The summed E-state index contributed by atoms with van der Waals surface area (Å²) in [5, 5.41) is 4.10. The van der Waals surface area contributed by atoms with E-state index in [1.54, 1.807) is 17.9 Å². The second-order valence-electron chi connectivity index (χ2n) is 5.31. The quantitative estimate of drug-likeness (QED) is 0.647. The predicted octanol–water partition coefficient (Wildman–Crippen LogP) is 3.06. The molecule has 0 aliphatic heterocycles. The highest BCUT2D eigenvalue weighted by Gasteiger charge is 2.44. The summed E-state index contributed by atoms with van der Waals surface area (Å²) >= 11 is 3.38. The normalized spacial score (nSPS) is 25.7. The number of nitrogens with two attached hydrogens (primary N) is 1. The third kappa shape index (κ3) is 3.17. The summed E-state index contributed by atoms with van der Waals surface area (Å²) in [4.78, 5) is 0. The molecule has 4 nitrogen and oxygen atoms in total. The van der Waals surface area contributed by atoms with Crippen LogP contribution in [0.15, 0.2) is 10.7 Å². The summed E-state index contributed by atoms with van der Waals surface area (Å²) in [5.74, 6) is 4.22. The molecule has 3 unspecified atom stereocenters. The van der Waals surface area contributed by atoms with Gasteiger partial charge in [-0.15, -0.1) is 0 Å². The Labute approximate surface area is 124 Å². The molecule has 114 valence electrons. The molecule has 1 heterocycles. The molecule has 1 aromatic rings. The number of hydrazine groups is 1. The van der Waals surface area contributed by atoms with Gasteiger partial charge in [-0.25, -0.2) is 0 Å². The highest BCUT2D eigenvalue weighted by atomic mass is 79.9. The molecule has 1 saturated carbocycles. The van der Waals surface area contributed by atoms with Crippen LogP contribution in [0.3, 0.4) is 0 Å². The van der Waals surface area contributed by atoms with Crippen molar-refractivity contribution in [3.8, 4) is 0 Å². The number of rotatable bonds is 3. The molecule has 0 amide bonds. The van der Waals surface area contributed by atoms with E-state index < -0.39 is 12.1 Å². The third-order valence-corrected chi connectivity index (χ3v) is 4.67. The lowest BCUT2D eigenvalue weighted by Gasteiger charge is -2.35. The van der Waals surface area contributed by atoms with Gasteiger partial charge in [-0.2, -0.15) is 18.3 Å². The maximum atomic E-state index is 12.9. The first-order chi connectivity index (χ1) is 9.34. The Hall–Kier alpha value is -0.600. The average molecular weight is 355 g/mol. The SMILES string of the molecule is Cn1ncc(Br)c1C(NN)C1CCCC(C(F)(F)F)C1. The van der Waals surface area contributed by atoms with Gasteiger partial charge in [-0.05, 0) is 41.1 Å². The van der Waals surface area contributed by atoms with E-state index in [1.807, 2.05) is 0 Å². The van der Waals surface area contributed by atoms with Crippen molar-refractivity contribution < 1.29 is 13.2 Å². The number of aryl methyl sites for hydroxylation is 1. The monoisotopic (exact) mass is 354 g/mol. The van der Waals surface area contributed by atoms with Crippen molar-refractivity contribution in [3.05, 3.63) is 16.4 Å². The lowest BCUT2D eigenvalue weighted by molar-refractivity contribution is -0.186. The van der Waals surface area contributed by atoms with E-state index in [2.05, 4.69) is 26.5 Å². The summed E-state index contributed by atoms with van der Waals surface area (Å²) < 4.78 is 41.1. The van der Waals surface area contributed by atoms with Crippen molar-refractivity contribution in [1.82, 2.24) is 15.2 Å². The van der Waals surface area contributed by atoms with Crippen LogP contribution in [0.25, 0.3) is 0 Å². The van der Waals surface area contributed by atoms with Gasteiger partial charge >= 0.3 is 6.18 Å². The predicted molar refractivity (Wildman–Crippen MR) is 72.5 cm³/mol. The van der Waals surface area contributed by atoms with Crippen molar-refractivity contribution in [2.75, 3.05) is 0 Å². The number of halogens is 4. The Bertz CT molecular complexity index is 441. The number of nitrogens with zero attached hydrogens (tertiary/aromatic N) is 2. The molecule has 1 aromatic heterocycles. The number of aromatic nitrogens is 2. The third-order valence-electron chi connectivity index (χ3n) is 4.06. The second kappa shape index (κ2) is 6.03. The van der Waals surface area contributed by atoms with E-state index in [1.165, 1.54) is 0 Å². The molecule has 2 rings (SSSR count). The molecule has 1 fully saturated rings. The van der Waals surface area contributed by atoms with Crippen molar-refractivity contribution in [2.45, 2.75) is 37.9 Å². The van der Waals surface area contributed by atoms with E-state index in [9.17, 15) is 13.2 Å². The Morgan fingerprint density at radius 1 is 1.50 bits per heavy atom. The minimum absolute atomic E-state index is 0.107. The van der Waals surface area contributed by atoms with E-state index >= 15 is 0 Å². The number of hydrogen-bond donors (Lipinski definition) is 2. The van der Waals surface area contributed by atoms with Gasteiger partial charge in [0, 0.05) is 7.05 Å². The maximum Gasteiger partial charge on any atom is 0.391 e. The fourth-order valence-corrected chi connectivity index (χ4v) is 3.63. The minimum atomic E-state index is -4.12. The summed E-state index contributed by atoms with van der Waals surface area (Å²) in [6.07, 6.45) is -0.868. The number of alkyl halides is 3. The van der Waals surface area contributed by atoms with Crippen LogP contribution in [0.5, 0.6) is 0 Å². The zero-order valence-electron chi connectivity index (χ0n) is 11.1. The van der Waals surface area contributed by atoms with Crippen LogP contribution >= 0.6 is 15.9 Å². The molecule has 3 atom stereocenters. The minimum Gasteiger partial charge on any atom is -0.271 e. The fraction of sp³-hybridized carbons (Fsp3) is 0.750. The molecular weight excluding hydrogens is 337 g/mol. The van der Waals surface area contributed by atoms with Gasteiger partial charge in [0.25, 0.3) is 0 Å². The number of hydrogen-bond acceptors (Lipinski definition) is 3. The standard InChI is InChI=1S/C12H18BrF3N4/c1-20-11(9(13)6-18-20)10(19-17)7-3-2-4-8(5-7)12(14,15)16/h6-8,10,19H,2-5,17H2,1H3. The summed E-state index contributed by atoms with van der Waals surface area (Å²) in [5.41, 5.74) is 3.46. The molecule has 0 spiro atoms.